The average molecular weight is 1090 g/mol. The van der Waals surface area contributed by atoms with Crippen molar-refractivity contribution in [2.75, 3.05) is 29.4 Å². The molecule has 0 saturated carbocycles. The minimum absolute atomic E-state index is 0. The minimum atomic E-state index is -0.746. The van der Waals surface area contributed by atoms with Crippen molar-refractivity contribution in [2.45, 2.75) is 127 Å². The van der Waals surface area contributed by atoms with Crippen LogP contribution in [0, 0.1) is 43.0 Å². The molecular formula is C62H71F4N11O3. The van der Waals surface area contributed by atoms with Gasteiger partial charge in [-0.1, -0.05) is 80.3 Å². The number of benzene rings is 2. The number of hydrogen-bond acceptors (Lipinski definition) is 11. The molecule has 0 N–H and O–H groups in total. The summed E-state index contributed by atoms with van der Waals surface area (Å²) in [5, 5.41) is 0.707. The summed E-state index contributed by atoms with van der Waals surface area (Å²) in [5.74, 6) is -1.80. The third kappa shape index (κ3) is 11.1. The first-order valence-electron chi connectivity index (χ1n) is 26.3. The molecule has 8 aromatic rings. The fraction of sp³-hybridized carbons (Fsp3) is 0.371. The van der Waals surface area contributed by atoms with Crippen LogP contribution in [0.25, 0.3) is 56.0 Å². The van der Waals surface area contributed by atoms with Gasteiger partial charge in [0.15, 0.2) is 11.3 Å². The standard InChI is InChI=1S/C31H32F2N6O2.C29H31F2N5O.2CH4/c1-7-25(40)37-15-20(6)38(16-19(37)5)29-22-14-24(33)27(21-10-8-9-11-23(21)32)35-30(22)39(31(41)36-29)28-18(4)12-13-34-26(28)17(2)3;1-16(2)24-26(18(4)12-13-32-24)36-28-21(14-23(31)25(33-28)20-8-6-7-9-22(20)30)27(34-29(36)37)35-15-17(3)10-11-19(35)5;;/h7-14,17,19-20H,1,15-16H2,2-6H3;6-9,12-14,16-17,19H,10-11,15H2,1-5H3;2*1H4/t19-,20+;17-,19-;;/m10../s1. The zero-order valence-electron chi connectivity index (χ0n) is 45.5. The van der Waals surface area contributed by atoms with Crippen molar-refractivity contribution in [1.82, 2.24) is 43.9 Å². The van der Waals surface area contributed by atoms with E-state index in [4.69, 9.17) is 0 Å². The summed E-state index contributed by atoms with van der Waals surface area (Å²) in [6.07, 6.45) is 6.67. The van der Waals surface area contributed by atoms with Gasteiger partial charge in [0.25, 0.3) is 0 Å². The molecule has 2 saturated heterocycles. The molecule has 4 atom stereocenters. The third-order valence-electron chi connectivity index (χ3n) is 14.8. The topological polar surface area (TPSA) is 148 Å². The predicted octanol–water partition coefficient (Wildman–Crippen LogP) is 12.6. The number of aromatic nitrogens is 8. The van der Waals surface area contributed by atoms with Crippen molar-refractivity contribution >= 4 is 39.6 Å². The van der Waals surface area contributed by atoms with Crippen LogP contribution in [-0.4, -0.2) is 87.6 Å². The Morgan fingerprint density at radius 3 is 1.45 bits per heavy atom. The van der Waals surface area contributed by atoms with Gasteiger partial charge in [0.1, 0.15) is 46.3 Å². The summed E-state index contributed by atoms with van der Waals surface area (Å²) >= 11 is 0. The van der Waals surface area contributed by atoms with Crippen LogP contribution in [0.1, 0.15) is 117 Å². The van der Waals surface area contributed by atoms with Crippen LogP contribution in [-0.2, 0) is 4.79 Å². The predicted molar refractivity (Wildman–Crippen MR) is 311 cm³/mol. The fourth-order valence-corrected chi connectivity index (χ4v) is 10.7. The molecule has 0 radical (unpaired) electrons. The second kappa shape index (κ2) is 24.1. The molecule has 2 aliphatic rings. The number of fused-ring (bicyclic) bond motifs is 2. The summed E-state index contributed by atoms with van der Waals surface area (Å²) in [7, 11) is 0. The molecule has 0 bridgehead atoms. The Kier molecular flexibility index (Phi) is 17.9. The number of halogens is 4. The average Bonchev–Trinajstić information content (AvgIpc) is 3.55. The molecule has 6 aromatic heterocycles. The largest absolute Gasteiger partial charge is 0.355 e. The number of carbonyl (C=O) groups excluding carboxylic acids is 1. The molecule has 18 heteroatoms. The van der Waals surface area contributed by atoms with E-state index in [9.17, 15) is 23.2 Å². The SMILES string of the molecule is C.C.C=CC(=O)N1C[C@H](C)N(c2nc(=O)n(-c3c(C)ccnc3C(C)C)c3nc(-c4ccccc4F)c(F)cc23)C[C@H]1C.Cc1ccnc(C(C)C)c1-n1c(=O)nc(N2C[C@@H](C)CC[C@@H]2C)c2cc(F)c(-c3ccccc3F)nc21. The van der Waals surface area contributed by atoms with Crippen LogP contribution in [0.3, 0.4) is 0 Å². The van der Waals surface area contributed by atoms with Crippen molar-refractivity contribution in [2.24, 2.45) is 5.92 Å². The number of nitrogens with zero attached hydrogens (tertiary/aromatic N) is 11. The smallest absolute Gasteiger partial charge is 0.353 e. The van der Waals surface area contributed by atoms with Gasteiger partial charge >= 0.3 is 11.4 Å². The van der Waals surface area contributed by atoms with Gasteiger partial charge in [-0.2, -0.15) is 9.97 Å². The maximum atomic E-state index is 15.8. The van der Waals surface area contributed by atoms with E-state index in [2.05, 4.69) is 55.2 Å². The van der Waals surface area contributed by atoms with E-state index < -0.39 is 34.6 Å². The normalized spacial score (nSPS) is 17.3. The number of pyridine rings is 4. The number of aryl methyl sites for hydroxylation is 2. The zero-order valence-corrected chi connectivity index (χ0v) is 45.5. The fourth-order valence-electron chi connectivity index (χ4n) is 10.7. The summed E-state index contributed by atoms with van der Waals surface area (Å²) < 4.78 is 63.8. The molecule has 2 aliphatic heterocycles. The van der Waals surface area contributed by atoms with Gasteiger partial charge < -0.3 is 14.7 Å². The van der Waals surface area contributed by atoms with Gasteiger partial charge in [0.2, 0.25) is 5.91 Å². The van der Waals surface area contributed by atoms with Crippen LogP contribution in [0.15, 0.2) is 107 Å². The number of piperidine rings is 1. The Labute approximate surface area is 464 Å². The van der Waals surface area contributed by atoms with E-state index in [1.165, 1.54) is 57.7 Å². The molecule has 0 spiro atoms. The van der Waals surface area contributed by atoms with Gasteiger partial charge in [0, 0.05) is 61.3 Å². The number of rotatable bonds is 9. The van der Waals surface area contributed by atoms with E-state index in [0.29, 0.717) is 64.9 Å². The Morgan fingerprint density at radius 1 is 0.588 bits per heavy atom. The summed E-state index contributed by atoms with van der Waals surface area (Å²) in [5.41, 5.74) is 2.91. The lowest BCUT2D eigenvalue weighted by Gasteiger charge is -2.44. The summed E-state index contributed by atoms with van der Waals surface area (Å²) in [6.45, 7) is 24.7. The lowest BCUT2D eigenvalue weighted by atomic mass is 9.95. The summed E-state index contributed by atoms with van der Waals surface area (Å²) in [4.78, 5) is 73.2. The highest BCUT2D eigenvalue weighted by Gasteiger charge is 2.35. The Bertz CT molecular complexity index is 3770. The highest BCUT2D eigenvalue weighted by molar-refractivity contribution is 5.92. The number of amides is 1. The van der Waals surface area contributed by atoms with Crippen LogP contribution in [0.2, 0.25) is 0 Å². The lowest BCUT2D eigenvalue weighted by molar-refractivity contribution is -0.128. The molecule has 10 rings (SSSR count). The molecule has 2 aromatic carbocycles. The quantitative estimate of drug-likeness (QED) is 0.100. The number of piperazine rings is 1. The first-order chi connectivity index (χ1) is 37.2. The number of hydrogen-bond donors (Lipinski definition) is 0. The highest BCUT2D eigenvalue weighted by atomic mass is 19.1. The maximum Gasteiger partial charge on any atom is 0.355 e. The van der Waals surface area contributed by atoms with Crippen molar-refractivity contribution in [3.63, 3.8) is 0 Å². The molecule has 0 unspecified atom stereocenters. The molecule has 1 amide bonds. The Balaban J connectivity index is 0.000000227. The first-order valence-corrected chi connectivity index (χ1v) is 26.3. The van der Waals surface area contributed by atoms with E-state index in [0.717, 1.165) is 24.0 Å². The summed E-state index contributed by atoms with van der Waals surface area (Å²) in [6, 6.07) is 17.6. The van der Waals surface area contributed by atoms with Gasteiger partial charge in [-0.3, -0.25) is 14.8 Å². The highest BCUT2D eigenvalue weighted by Crippen LogP contribution is 2.37. The Hall–Kier alpha value is -8.15. The number of carbonyl (C=O) groups is 1. The van der Waals surface area contributed by atoms with E-state index in [1.807, 2.05) is 66.4 Å². The zero-order chi connectivity index (χ0) is 56.0. The molecule has 420 valence electrons. The lowest BCUT2D eigenvalue weighted by Crippen LogP contribution is -2.58. The van der Waals surface area contributed by atoms with E-state index in [1.54, 1.807) is 41.6 Å². The van der Waals surface area contributed by atoms with Crippen LogP contribution in [0.4, 0.5) is 29.2 Å². The van der Waals surface area contributed by atoms with Gasteiger partial charge in [0.05, 0.1) is 33.5 Å². The second-order valence-corrected chi connectivity index (χ2v) is 21.2. The van der Waals surface area contributed by atoms with Gasteiger partial charge in [-0.15, -0.1) is 0 Å². The van der Waals surface area contributed by atoms with Gasteiger partial charge in [-0.25, -0.2) is 46.3 Å². The van der Waals surface area contributed by atoms with Crippen molar-refractivity contribution in [3.8, 4) is 33.9 Å². The van der Waals surface area contributed by atoms with Crippen LogP contribution in [0.5, 0.6) is 0 Å². The number of anilines is 2. The molecule has 2 fully saturated rings. The van der Waals surface area contributed by atoms with Crippen molar-refractivity contribution < 1.29 is 22.4 Å². The van der Waals surface area contributed by atoms with Crippen molar-refractivity contribution in [1.29, 1.82) is 0 Å². The van der Waals surface area contributed by atoms with Gasteiger partial charge in [-0.05, 0) is 131 Å². The second-order valence-electron chi connectivity index (χ2n) is 21.2. The Morgan fingerprint density at radius 2 is 1.02 bits per heavy atom. The van der Waals surface area contributed by atoms with Crippen molar-refractivity contribution in [3.05, 3.63) is 165 Å². The molecule has 14 nitrogen and oxygen atoms in total. The molecule has 80 heavy (non-hydrogen) atoms. The van der Waals surface area contributed by atoms with Crippen LogP contribution < -0.4 is 21.2 Å². The van der Waals surface area contributed by atoms with Crippen LogP contribution >= 0.6 is 0 Å². The minimum Gasteiger partial charge on any atom is -0.353 e. The maximum absolute atomic E-state index is 15.8. The monoisotopic (exact) mass is 1090 g/mol. The third-order valence-corrected chi connectivity index (χ3v) is 14.8. The molecule has 8 heterocycles. The molecular weight excluding hydrogens is 1020 g/mol. The van der Waals surface area contributed by atoms with E-state index >= 15 is 8.78 Å². The molecule has 0 aliphatic carbocycles. The van der Waals surface area contributed by atoms with E-state index in [-0.39, 0.29) is 90.3 Å². The first kappa shape index (κ1) is 59.5.